The number of likely N-dealkylation sites (tertiary alicyclic amines) is 1. The van der Waals surface area contributed by atoms with Crippen molar-refractivity contribution in [3.63, 3.8) is 0 Å². The Morgan fingerprint density at radius 2 is 2.12 bits per heavy atom. The van der Waals surface area contributed by atoms with Gasteiger partial charge in [0.05, 0.1) is 6.10 Å². The lowest BCUT2D eigenvalue weighted by atomic mass is 10.1. The zero-order valence-corrected chi connectivity index (χ0v) is 9.81. The highest BCUT2D eigenvalue weighted by Gasteiger charge is 2.16. The number of piperidine rings is 1. The van der Waals surface area contributed by atoms with Crippen molar-refractivity contribution in [1.29, 1.82) is 0 Å². The molecule has 1 aromatic rings. The molecule has 4 heteroatoms. The first kappa shape index (κ1) is 12.3. The zero-order chi connectivity index (χ0) is 12.1. The molecule has 94 valence electrons. The summed E-state index contributed by atoms with van der Waals surface area (Å²) in [5, 5.41) is 9.50. The number of nitrogens with zero attached hydrogens (tertiary/aromatic N) is 1. The van der Waals surface area contributed by atoms with Gasteiger partial charge >= 0.3 is 0 Å². The van der Waals surface area contributed by atoms with Crippen LogP contribution < -0.4 is 4.74 Å². The number of hydrogen-bond donors (Lipinski definition) is 1. The van der Waals surface area contributed by atoms with Gasteiger partial charge in [0.15, 0.2) is 0 Å². The molecule has 1 saturated heterocycles. The van der Waals surface area contributed by atoms with Crippen LogP contribution in [0.3, 0.4) is 0 Å². The minimum absolute atomic E-state index is 0.199. The summed E-state index contributed by atoms with van der Waals surface area (Å²) in [5.74, 6) is 0.431. The molecule has 0 radical (unpaired) electrons. The third kappa shape index (κ3) is 3.98. The molecule has 3 nitrogen and oxygen atoms in total. The molecule has 0 amide bonds. The van der Waals surface area contributed by atoms with Gasteiger partial charge in [0, 0.05) is 13.1 Å². The summed E-state index contributed by atoms with van der Waals surface area (Å²) >= 11 is 0. The van der Waals surface area contributed by atoms with Gasteiger partial charge in [-0.05, 0) is 43.7 Å². The number of benzene rings is 1. The maximum Gasteiger partial charge on any atom is 0.123 e. The van der Waals surface area contributed by atoms with Gasteiger partial charge in [-0.15, -0.1) is 0 Å². The van der Waals surface area contributed by atoms with E-state index in [1.807, 2.05) is 0 Å². The lowest BCUT2D eigenvalue weighted by Gasteiger charge is -2.29. The molecule has 1 fully saturated rings. The van der Waals surface area contributed by atoms with Crippen LogP contribution >= 0.6 is 0 Å². The predicted octanol–water partition coefficient (Wildman–Crippen LogP) is 1.66. The minimum atomic E-state index is -0.253. The van der Waals surface area contributed by atoms with E-state index in [2.05, 4.69) is 4.90 Å². The molecule has 1 atom stereocenters. The molecular formula is C13H18FNO2. The molecule has 0 unspecified atom stereocenters. The van der Waals surface area contributed by atoms with E-state index in [9.17, 15) is 9.50 Å². The van der Waals surface area contributed by atoms with Gasteiger partial charge < -0.3 is 9.84 Å². The van der Waals surface area contributed by atoms with Crippen LogP contribution in [0.15, 0.2) is 24.3 Å². The van der Waals surface area contributed by atoms with E-state index >= 15 is 0 Å². The van der Waals surface area contributed by atoms with Crippen molar-refractivity contribution < 1.29 is 14.2 Å². The van der Waals surface area contributed by atoms with Crippen molar-refractivity contribution in [1.82, 2.24) is 4.90 Å². The number of rotatable bonds is 4. The normalized spacial score (nSPS) is 21.4. The van der Waals surface area contributed by atoms with Gasteiger partial charge in [-0.1, -0.05) is 0 Å². The molecule has 0 saturated carbocycles. The molecule has 1 N–H and O–H groups in total. The maximum atomic E-state index is 12.7. The summed E-state index contributed by atoms with van der Waals surface area (Å²) in [6, 6.07) is 6.03. The fourth-order valence-corrected chi connectivity index (χ4v) is 2.06. The molecule has 1 heterocycles. The van der Waals surface area contributed by atoms with Crippen LogP contribution in [0, 0.1) is 5.82 Å². The Morgan fingerprint density at radius 1 is 1.35 bits per heavy atom. The standard InChI is InChI=1S/C13H18FNO2/c14-11-3-5-13(6-4-11)17-9-8-15-7-1-2-12(16)10-15/h3-6,12,16H,1-2,7-10H2/t12-/m0/s1. The van der Waals surface area contributed by atoms with Crippen molar-refractivity contribution in [2.45, 2.75) is 18.9 Å². The molecule has 1 aliphatic rings. The summed E-state index contributed by atoms with van der Waals surface area (Å²) in [7, 11) is 0. The molecular weight excluding hydrogens is 221 g/mol. The second-order valence-electron chi connectivity index (χ2n) is 4.40. The van der Waals surface area contributed by atoms with Gasteiger partial charge in [-0.2, -0.15) is 0 Å². The molecule has 1 aromatic carbocycles. The Kier molecular flexibility index (Phi) is 4.34. The largest absolute Gasteiger partial charge is 0.492 e. The monoisotopic (exact) mass is 239 g/mol. The first-order valence-electron chi connectivity index (χ1n) is 6.03. The summed E-state index contributed by atoms with van der Waals surface area (Å²) in [5.41, 5.74) is 0. The van der Waals surface area contributed by atoms with E-state index in [-0.39, 0.29) is 11.9 Å². The first-order valence-corrected chi connectivity index (χ1v) is 6.03. The molecule has 0 spiro atoms. The van der Waals surface area contributed by atoms with Crippen molar-refractivity contribution in [3.8, 4) is 5.75 Å². The predicted molar refractivity (Wildman–Crippen MR) is 63.6 cm³/mol. The number of aliphatic hydroxyl groups excluding tert-OH is 1. The number of hydrogen-bond acceptors (Lipinski definition) is 3. The quantitative estimate of drug-likeness (QED) is 0.867. The van der Waals surface area contributed by atoms with Crippen LogP contribution in [0.4, 0.5) is 4.39 Å². The highest BCUT2D eigenvalue weighted by atomic mass is 19.1. The van der Waals surface area contributed by atoms with Crippen molar-refractivity contribution in [2.75, 3.05) is 26.2 Å². The average Bonchev–Trinajstić information content (AvgIpc) is 2.32. The summed E-state index contributed by atoms with van der Waals surface area (Å²) in [6.45, 7) is 3.11. The highest BCUT2D eigenvalue weighted by Crippen LogP contribution is 2.12. The third-order valence-electron chi connectivity index (χ3n) is 2.97. The smallest absolute Gasteiger partial charge is 0.123 e. The number of β-amino-alcohol motifs (C(OH)–C–C–N with tert-alkyl or cyclic N) is 1. The topological polar surface area (TPSA) is 32.7 Å². The molecule has 1 aliphatic heterocycles. The Balaban J connectivity index is 1.70. The van der Waals surface area contributed by atoms with E-state index in [0.717, 1.165) is 32.5 Å². The zero-order valence-electron chi connectivity index (χ0n) is 9.81. The number of halogens is 1. The van der Waals surface area contributed by atoms with Crippen LogP contribution in [0.1, 0.15) is 12.8 Å². The van der Waals surface area contributed by atoms with Crippen molar-refractivity contribution >= 4 is 0 Å². The molecule has 2 rings (SSSR count). The molecule has 17 heavy (non-hydrogen) atoms. The average molecular weight is 239 g/mol. The van der Waals surface area contributed by atoms with Crippen LogP contribution in [-0.2, 0) is 0 Å². The van der Waals surface area contributed by atoms with Gasteiger partial charge in [0.2, 0.25) is 0 Å². The lowest BCUT2D eigenvalue weighted by molar-refractivity contribution is 0.0633. The Bertz CT molecular complexity index is 342. The fourth-order valence-electron chi connectivity index (χ4n) is 2.06. The van der Waals surface area contributed by atoms with Crippen LogP contribution in [0.25, 0.3) is 0 Å². The van der Waals surface area contributed by atoms with Crippen molar-refractivity contribution in [3.05, 3.63) is 30.1 Å². The van der Waals surface area contributed by atoms with Crippen LogP contribution in [0.2, 0.25) is 0 Å². The van der Waals surface area contributed by atoms with E-state index in [1.165, 1.54) is 12.1 Å². The van der Waals surface area contributed by atoms with Crippen molar-refractivity contribution in [2.24, 2.45) is 0 Å². The van der Waals surface area contributed by atoms with E-state index in [4.69, 9.17) is 4.74 Å². The summed E-state index contributed by atoms with van der Waals surface area (Å²) in [4.78, 5) is 2.19. The Labute approximate surface area is 101 Å². The van der Waals surface area contributed by atoms with E-state index in [1.54, 1.807) is 12.1 Å². The summed E-state index contributed by atoms with van der Waals surface area (Å²) < 4.78 is 18.2. The Morgan fingerprint density at radius 3 is 2.82 bits per heavy atom. The number of ether oxygens (including phenoxy) is 1. The summed E-state index contributed by atoms with van der Waals surface area (Å²) in [6.07, 6.45) is 1.74. The third-order valence-corrected chi connectivity index (χ3v) is 2.97. The fraction of sp³-hybridized carbons (Fsp3) is 0.538. The van der Waals surface area contributed by atoms with Gasteiger partial charge in [0.25, 0.3) is 0 Å². The van der Waals surface area contributed by atoms with Crippen LogP contribution in [-0.4, -0.2) is 42.4 Å². The second-order valence-corrected chi connectivity index (χ2v) is 4.40. The molecule has 0 aliphatic carbocycles. The molecule has 0 bridgehead atoms. The first-order chi connectivity index (χ1) is 8.24. The Hall–Kier alpha value is -1.13. The minimum Gasteiger partial charge on any atom is -0.492 e. The molecule has 0 aromatic heterocycles. The highest BCUT2D eigenvalue weighted by molar-refractivity contribution is 5.21. The van der Waals surface area contributed by atoms with E-state index < -0.39 is 0 Å². The SMILES string of the molecule is O[C@H]1CCCN(CCOc2ccc(F)cc2)C1. The van der Waals surface area contributed by atoms with Gasteiger partial charge in [0.1, 0.15) is 18.2 Å². The number of aliphatic hydroxyl groups is 1. The lowest BCUT2D eigenvalue weighted by Crippen LogP contribution is -2.40. The van der Waals surface area contributed by atoms with Gasteiger partial charge in [-0.25, -0.2) is 4.39 Å². The maximum absolute atomic E-state index is 12.7. The van der Waals surface area contributed by atoms with E-state index in [0.29, 0.717) is 12.4 Å². The second kappa shape index (κ2) is 5.98. The van der Waals surface area contributed by atoms with Crippen LogP contribution in [0.5, 0.6) is 5.75 Å². The van der Waals surface area contributed by atoms with Gasteiger partial charge in [-0.3, -0.25) is 4.90 Å².